The fraction of sp³-hybridized carbons (Fsp3) is 0.100. The minimum absolute atomic E-state index is 0.659. The van der Waals surface area contributed by atoms with E-state index in [0.29, 0.717) is 5.56 Å². The van der Waals surface area contributed by atoms with E-state index in [2.05, 4.69) is 0 Å². The second kappa shape index (κ2) is 6.38. The zero-order chi connectivity index (χ0) is 11.0. The first-order valence-electron chi connectivity index (χ1n) is 3.91. The Bertz CT molecular complexity index is 357. The van der Waals surface area contributed by atoms with Crippen molar-refractivity contribution >= 4 is 18.1 Å². The van der Waals surface area contributed by atoms with Crippen LogP contribution in [0.25, 0.3) is 0 Å². The second-order valence-electron chi connectivity index (χ2n) is 2.52. The van der Waals surface area contributed by atoms with Crippen molar-refractivity contribution in [3.05, 3.63) is 29.3 Å². The van der Waals surface area contributed by atoms with Gasteiger partial charge < -0.3 is 16.6 Å². The van der Waals surface area contributed by atoms with Crippen molar-refractivity contribution < 1.29 is 0 Å². The van der Waals surface area contributed by atoms with Crippen LogP contribution in [0.4, 0.5) is 5.69 Å². The summed E-state index contributed by atoms with van der Waals surface area (Å²) in [6.45, 7) is 1.89. The van der Waals surface area contributed by atoms with Crippen molar-refractivity contribution in [1.29, 1.82) is 16.1 Å². The molecule has 0 fully saturated rings. The summed E-state index contributed by atoms with van der Waals surface area (Å²) >= 11 is 0. The number of hydrogen-bond donors (Lipinski definition) is 3. The molecule has 4 nitrogen and oxygen atoms in total. The van der Waals surface area contributed by atoms with Crippen molar-refractivity contribution in [2.24, 2.45) is 0 Å². The maximum atomic E-state index is 8.46. The smallest absolute Gasteiger partial charge is 0.0991 e. The van der Waals surface area contributed by atoms with Gasteiger partial charge in [-0.3, -0.25) is 0 Å². The van der Waals surface area contributed by atoms with E-state index in [1.54, 1.807) is 18.2 Å². The lowest BCUT2D eigenvalue weighted by Crippen LogP contribution is -1.88. The Morgan fingerprint density at radius 3 is 2.29 bits per heavy atom. The van der Waals surface area contributed by atoms with Crippen LogP contribution in [0.3, 0.4) is 0 Å². The van der Waals surface area contributed by atoms with Crippen LogP contribution in [0.1, 0.15) is 11.1 Å². The molecule has 0 spiro atoms. The van der Waals surface area contributed by atoms with Gasteiger partial charge in [-0.1, -0.05) is 0 Å². The third kappa shape index (κ3) is 4.02. The van der Waals surface area contributed by atoms with Gasteiger partial charge in [0.2, 0.25) is 0 Å². The largest absolute Gasteiger partial charge is 0.399 e. The molecule has 0 aliphatic rings. The molecule has 4 N–H and O–H groups in total. The van der Waals surface area contributed by atoms with Crippen LogP contribution in [0.2, 0.25) is 0 Å². The fourth-order valence-corrected chi connectivity index (χ4v) is 0.745. The SMILES string of the molecule is Cc1cc(C#N)ccc1N.N=CC=N. The van der Waals surface area contributed by atoms with E-state index in [4.69, 9.17) is 21.8 Å². The average molecular weight is 188 g/mol. The Hall–Kier alpha value is -2.15. The van der Waals surface area contributed by atoms with Gasteiger partial charge in [-0.25, -0.2) is 0 Å². The molecule has 0 aliphatic heterocycles. The number of nitrogens with one attached hydrogen (secondary N) is 2. The van der Waals surface area contributed by atoms with Gasteiger partial charge in [0.1, 0.15) is 0 Å². The monoisotopic (exact) mass is 188 g/mol. The highest BCUT2D eigenvalue weighted by Crippen LogP contribution is 2.11. The summed E-state index contributed by atoms with van der Waals surface area (Å²) in [6, 6.07) is 7.27. The highest BCUT2D eigenvalue weighted by atomic mass is 14.5. The Kier molecular flexibility index (Phi) is 5.40. The van der Waals surface area contributed by atoms with Gasteiger partial charge in [0.15, 0.2) is 0 Å². The molecular weight excluding hydrogens is 176 g/mol. The van der Waals surface area contributed by atoms with Crippen LogP contribution in [-0.4, -0.2) is 12.4 Å². The van der Waals surface area contributed by atoms with Crippen molar-refractivity contribution in [3.63, 3.8) is 0 Å². The lowest BCUT2D eigenvalue weighted by Gasteiger charge is -1.97. The van der Waals surface area contributed by atoms with Crippen molar-refractivity contribution in [1.82, 2.24) is 0 Å². The fourth-order valence-electron chi connectivity index (χ4n) is 0.745. The van der Waals surface area contributed by atoms with E-state index in [-0.39, 0.29) is 0 Å². The van der Waals surface area contributed by atoms with Crippen LogP contribution in [0.5, 0.6) is 0 Å². The summed E-state index contributed by atoms with van der Waals surface area (Å²) in [5, 5.41) is 20.6. The summed E-state index contributed by atoms with van der Waals surface area (Å²) in [6.07, 6.45) is 1.83. The molecule has 14 heavy (non-hydrogen) atoms. The van der Waals surface area contributed by atoms with Gasteiger partial charge in [-0.2, -0.15) is 5.26 Å². The van der Waals surface area contributed by atoms with E-state index in [1.807, 2.05) is 13.0 Å². The molecule has 0 radical (unpaired) electrons. The Morgan fingerprint density at radius 1 is 1.36 bits per heavy atom. The van der Waals surface area contributed by atoms with E-state index < -0.39 is 0 Å². The summed E-state index contributed by atoms with van der Waals surface area (Å²) in [5.41, 5.74) is 7.89. The molecule has 1 aromatic rings. The lowest BCUT2D eigenvalue weighted by molar-refractivity contribution is 1.42. The quantitative estimate of drug-likeness (QED) is 0.462. The molecule has 0 saturated carbocycles. The van der Waals surface area contributed by atoms with Gasteiger partial charge >= 0.3 is 0 Å². The minimum atomic E-state index is 0.659. The molecule has 72 valence electrons. The molecule has 0 aromatic heterocycles. The summed E-state index contributed by atoms with van der Waals surface area (Å²) < 4.78 is 0. The van der Waals surface area contributed by atoms with Crippen molar-refractivity contribution in [2.45, 2.75) is 6.92 Å². The van der Waals surface area contributed by atoms with Crippen LogP contribution in [-0.2, 0) is 0 Å². The highest BCUT2D eigenvalue weighted by molar-refractivity contribution is 6.12. The molecule has 0 atom stereocenters. The maximum absolute atomic E-state index is 8.46. The molecular formula is C10H12N4. The topological polar surface area (TPSA) is 97.5 Å². The number of aryl methyl sites for hydroxylation is 1. The number of benzene rings is 1. The molecule has 0 unspecified atom stereocenters. The predicted octanol–water partition coefficient (Wildman–Crippen LogP) is 1.73. The zero-order valence-electron chi connectivity index (χ0n) is 7.91. The van der Waals surface area contributed by atoms with Crippen molar-refractivity contribution in [3.8, 4) is 6.07 Å². The lowest BCUT2D eigenvalue weighted by atomic mass is 10.1. The highest BCUT2D eigenvalue weighted by Gasteiger charge is 1.93. The number of hydrogen-bond acceptors (Lipinski definition) is 4. The van der Waals surface area contributed by atoms with Gasteiger partial charge in [0.25, 0.3) is 0 Å². The number of rotatable bonds is 1. The zero-order valence-corrected chi connectivity index (χ0v) is 7.91. The Morgan fingerprint density at radius 2 is 1.93 bits per heavy atom. The summed E-state index contributed by atoms with van der Waals surface area (Å²) in [4.78, 5) is 0. The van der Waals surface area contributed by atoms with E-state index in [0.717, 1.165) is 23.7 Å². The van der Waals surface area contributed by atoms with Crippen LogP contribution < -0.4 is 5.73 Å². The molecule has 0 bridgehead atoms. The molecule has 0 aliphatic carbocycles. The maximum Gasteiger partial charge on any atom is 0.0991 e. The second-order valence-corrected chi connectivity index (χ2v) is 2.52. The van der Waals surface area contributed by atoms with Crippen LogP contribution in [0, 0.1) is 29.1 Å². The molecule has 1 rings (SSSR count). The van der Waals surface area contributed by atoms with Crippen molar-refractivity contribution in [2.75, 3.05) is 5.73 Å². The average Bonchev–Trinajstić information content (AvgIpc) is 2.22. The van der Waals surface area contributed by atoms with Crippen LogP contribution in [0.15, 0.2) is 18.2 Å². The predicted molar refractivity (Wildman–Crippen MR) is 57.9 cm³/mol. The normalized spacial score (nSPS) is 7.71. The molecule has 1 aromatic carbocycles. The van der Waals surface area contributed by atoms with Crippen LogP contribution >= 0.6 is 0 Å². The van der Waals surface area contributed by atoms with E-state index >= 15 is 0 Å². The first-order valence-corrected chi connectivity index (χ1v) is 3.91. The number of nitrogens with zero attached hydrogens (tertiary/aromatic N) is 1. The first kappa shape index (κ1) is 11.8. The molecule has 0 amide bonds. The van der Waals surface area contributed by atoms with Gasteiger partial charge in [0, 0.05) is 18.1 Å². The Labute approximate surface area is 83.0 Å². The third-order valence-corrected chi connectivity index (χ3v) is 1.48. The third-order valence-electron chi connectivity index (χ3n) is 1.48. The molecule has 0 heterocycles. The van der Waals surface area contributed by atoms with Gasteiger partial charge in [-0.05, 0) is 30.7 Å². The standard InChI is InChI=1S/C8H8N2.C2H4N2/c1-6-4-7(5-9)2-3-8(6)10;3-1-2-4/h2-4H,10H2,1H3;1-4H. The van der Waals surface area contributed by atoms with E-state index in [1.165, 1.54) is 0 Å². The molecule has 4 heteroatoms. The van der Waals surface area contributed by atoms with Gasteiger partial charge in [0.05, 0.1) is 11.6 Å². The first-order chi connectivity index (χ1) is 6.65. The number of anilines is 1. The van der Waals surface area contributed by atoms with E-state index in [9.17, 15) is 0 Å². The van der Waals surface area contributed by atoms with Gasteiger partial charge in [-0.15, -0.1) is 0 Å². The minimum Gasteiger partial charge on any atom is -0.399 e. The number of nitriles is 1. The number of nitrogen functional groups attached to an aromatic ring is 1. The molecule has 0 saturated heterocycles. The summed E-state index contributed by atoms with van der Waals surface area (Å²) in [5.74, 6) is 0. The summed E-state index contributed by atoms with van der Waals surface area (Å²) in [7, 11) is 0. The number of nitrogens with two attached hydrogens (primary N) is 1. The Balaban J connectivity index is 0.000000364.